The van der Waals surface area contributed by atoms with Gasteiger partial charge in [0.15, 0.2) is 5.78 Å². The number of para-hydroxylation sites is 1. The number of aromatic amines is 1. The zero-order valence-corrected chi connectivity index (χ0v) is 14.8. The van der Waals surface area contributed by atoms with E-state index in [9.17, 15) is 14.4 Å². The number of hydrogen-bond acceptors (Lipinski definition) is 5. The number of anilines is 1. The molecule has 24 heavy (non-hydrogen) atoms. The van der Waals surface area contributed by atoms with E-state index in [4.69, 9.17) is 0 Å². The molecule has 0 aliphatic carbocycles. The maximum absolute atomic E-state index is 12.6. The van der Waals surface area contributed by atoms with Crippen molar-refractivity contribution in [2.24, 2.45) is 0 Å². The number of rotatable bonds is 5. The van der Waals surface area contributed by atoms with Gasteiger partial charge in [-0.25, -0.2) is 4.79 Å². The lowest BCUT2D eigenvalue weighted by molar-refractivity contribution is -0.117. The number of amides is 1. The Hall–Kier alpha value is -2.41. The van der Waals surface area contributed by atoms with Gasteiger partial charge in [0.05, 0.1) is 10.8 Å². The Morgan fingerprint density at radius 2 is 1.88 bits per heavy atom. The molecule has 0 fully saturated rings. The molecule has 2 aromatic rings. The summed E-state index contributed by atoms with van der Waals surface area (Å²) in [6.07, 6.45) is 0. The summed E-state index contributed by atoms with van der Waals surface area (Å²) in [6, 6.07) is 9.26. The second-order valence-electron chi connectivity index (χ2n) is 5.40. The van der Waals surface area contributed by atoms with Gasteiger partial charge in [-0.3, -0.25) is 9.59 Å². The van der Waals surface area contributed by atoms with Crippen molar-refractivity contribution in [3.8, 4) is 0 Å². The fourth-order valence-corrected chi connectivity index (χ4v) is 3.47. The number of hydrogen-bond donors (Lipinski definition) is 1. The third-order valence-electron chi connectivity index (χ3n) is 3.55. The van der Waals surface area contributed by atoms with Crippen molar-refractivity contribution in [1.29, 1.82) is 0 Å². The second-order valence-corrected chi connectivity index (χ2v) is 6.73. The van der Waals surface area contributed by atoms with Gasteiger partial charge in [-0.2, -0.15) is 4.98 Å². The van der Waals surface area contributed by atoms with E-state index < -0.39 is 10.9 Å². The van der Waals surface area contributed by atoms with Gasteiger partial charge in [0, 0.05) is 18.4 Å². The molecule has 0 unspecified atom stereocenters. The van der Waals surface area contributed by atoms with Crippen LogP contribution in [0.25, 0.3) is 0 Å². The number of thioether (sulfide) groups is 1. The van der Waals surface area contributed by atoms with Crippen molar-refractivity contribution >= 4 is 29.1 Å². The summed E-state index contributed by atoms with van der Waals surface area (Å²) in [7, 11) is 1.69. The molecule has 1 atom stereocenters. The zero-order valence-electron chi connectivity index (χ0n) is 14.0. The molecule has 2 rings (SSSR count). The molecule has 7 heteroatoms. The summed E-state index contributed by atoms with van der Waals surface area (Å²) in [5, 5.41) is -0.215. The first-order valence-corrected chi connectivity index (χ1v) is 8.30. The van der Waals surface area contributed by atoms with Crippen LogP contribution in [0, 0.1) is 6.92 Å². The highest BCUT2D eigenvalue weighted by Gasteiger charge is 2.23. The Labute approximate surface area is 144 Å². The molecule has 0 spiro atoms. The van der Waals surface area contributed by atoms with Gasteiger partial charge in [-0.1, -0.05) is 30.0 Å². The SMILES string of the molecule is CC(=O)c1c(S[C@H](C)C(=O)N(C)c2ccccc2)nc(=O)[nH]c1C. The summed E-state index contributed by atoms with van der Waals surface area (Å²) in [4.78, 5) is 44.0. The molecule has 1 N–H and O–H groups in total. The Bertz CT molecular complexity index is 818. The number of nitrogens with one attached hydrogen (secondary N) is 1. The van der Waals surface area contributed by atoms with Crippen LogP contribution >= 0.6 is 11.8 Å². The number of ketones is 1. The summed E-state index contributed by atoms with van der Waals surface area (Å²) < 4.78 is 0. The summed E-state index contributed by atoms with van der Waals surface area (Å²) in [6.45, 7) is 4.79. The lowest BCUT2D eigenvalue weighted by atomic mass is 10.2. The van der Waals surface area contributed by atoms with Crippen LogP contribution in [-0.2, 0) is 4.79 Å². The van der Waals surface area contributed by atoms with E-state index in [1.54, 1.807) is 25.8 Å². The van der Waals surface area contributed by atoms with Crippen LogP contribution in [0.1, 0.15) is 29.9 Å². The van der Waals surface area contributed by atoms with Crippen molar-refractivity contribution in [3.05, 3.63) is 52.1 Å². The van der Waals surface area contributed by atoms with Gasteiger partial charge >= 0.3 is 5.69 Å². The molecule has 0 radical (unpaired) electrons. The summed E-state index contributed by atoms with van der Waals surface area (Å²) in [5.74, 6) is -0.338. The van der Waals surface area contributed by atoms with E-state index in [2.05, 4.69) is 9.97 Å². The van der Waals surface area contributed by atoms with Gasteiger partial charge in [0.1, 0.15) is 5.03 Å². The van der Waals surface area contributed by atoms with Crippen LogP contribution in [0.2, 0.25) is 0 Å². The molecule has 0 aliphatic rings. The fourth-order valence-electron chi connectivity index (χ4n) is 2.33. The molecule has 0 saturated heterocycles. The molecule has 6 nitrogen and oxygen atoms in total. The first kappa shape index (κ1) is 17.9. The van der Waals surface area contributed by atoms with Crippen molar-refractivity contribution in [1.82, 2.24) is 9.97 Å². The third-order valence-corrected chi connectivity index (χ3v) is 4.62. The average Bonchev–Trinajstić information content (AvgIpc) is 2.53. The first-order chi connectivity index (χ1) is 11.3. The Morgan fingerprint density at radius 1 is 1.25 bits per heavy atom. The number of carbonyl (C=O) groups excluding carboxylic acids is 2. The third kappa shape index (κ3) is 3.91. The van der Waals surface area contributed by atoms with Crippen molar-refractivity contribution in [2.75, 3.05) is 11.9 Å². The van der Waals surface area contributed by atoms with Crippen LogP contribution in [0.4, 0.5) is 5.69 Å². The van der Waals surface area contributed by atoms with Gasteiger partial charge < -0.3 is 9.88 Å². The standard InChI is InChI=1S/C17H19N3O3S/c1-10-14(11(2)21)15(19-17(23)18-10)24-12(3)16(22)20(4)13-8-6-5-7-9-13/h5-9,12H,1-4H3,(H,18,19,23)/t12-/m1/s1. The lowest BCUT2D eigenvalue weighted by Crippen LogP contribution is -2.33. The summed E-state index contributed by atoms with van der Waals surface area (Å²) >= 11 is 1.11. The van der Waals surface area contributed by atoms with E-state index >= 15 is 0 Å². The predicted octanol–water partition coefficient (Wildman–Crippen LogP) is 2.42. The number of Topliss-reactive ketones (excluding diaryl/α,β-unsaturated/α-hetero) is 1. The number of aromatic nitrogens is 2. The van der Waals surface area contributed by atoms with E-state index in [0.29, 0.717) is 11.3 Å². The molecule has 0 aliphatic heterocycles. The normalized spacial score (nSPS) is 11.8. The molecule has 126 valence electrons. The van der Waals surface area contributed by atoms with E-state index in [1.807, 2.05) is 30.3 Å². The summed E-state index contributed by atoms with van der Waals surface area (Å²) in [5.41, 5.74) is 1.05. The highest BCUT2D eigenvalue weighted by atomic mass is 32.2. The number of H-pyrrole nitrogens is 1. The molecule has 0 bridgehead atoms. The predicted molar refractivity (Wildman–Crippen MR) is 94.8 cm³/mol. The monoisotopic (exact) mass is 345 g/mol. The van der Waals surface area contributed by atoms with Crippen LogP contribution in [0.3, 0.4) is 0 Å². The number of aryl methyl sites for hydroxylation is 1. The van der Waals surface area contributed by atoms with Crippen molar-refractivity contribution in [2.45, 2.75) is 31.0 Å². The largest absolute Gasteiger partial charge is 0.346 e. The quantitative estimate of drug-likeness (QED) is 0.511. The van der Waals surface area contributed by atoms with Crippen LogP contribution in [0.15, 0.2) is 40.2 Å². The smallest absolute Gasteiger partial charge is 0.315 e. The number of benzene rings is 1. The molecular formula is C17H19N3O3S. The Morgan fingerprint density at radius 3 is 2.46 bits per heavy atom. The van der Waals surface area contributed by atoms with Gasteiger partial charge in [0.2, 0.25) is 5.91 Å². The minimum atomic E-state index is -0.531. The molecule has 1 aromatic heterocycles. The van der Waals surface area contributed by atoms with Crippen LogP contribution in [0.5, 0.6) is 0 Å². The highest BCUT2D eigenvalue weighted by molar-refractivity contribution is 8.00. The Balaban J connectivity index is 2.26. The van der Waals surface area contributed by atoms with Gasteiger partial charge in [-0.15, -0.1) is 0 Å². The molecule has 1 aromatic carbocycles. The maximum atomic E-state index is 12.6. The van der Waals surface area contributed by atoms with E-state index in [0.717, 1.165) is 17.4 Å². The fraction of sp³-hybridized carbons (Fsp3) is 0.294. The minimum Gasteiger partial charge on any atom is -0.315 e. The average molecular weight is 345 g/mol. The zero-order chi connectivity index (χ0) is 17.9. The minimum absolute atomic E-state index is 0.138. The lowest BCUT2D eigenvalue weighted by Gasteiger charge is -2.21. The number of carbonyl (C=O) groups is 2. The number of nitrogens with zero attached hydrogens (tertiary/aromatic N) is 2. The maximum Gasteiger partial charge on any atom is 0.346 e. The van der Waals surface area contributed by atoms with Crippen LogP contribution < -0.4 is 10.6 Å². The van der Waals surface area contributed by atoms with Crippen molar-refractivity contribution < 1.29 is 9.59 Å². The topological polar surface area (TPSA) is 83.1 Å². The van der Waals surface area contributed by atoms with E-state index in [1.165, 1.54) is 6.92 Å². The first-order valence-electron chi connectivity index (χ1n) is 7.42. The molecule has 1 heterocycles. The van der Waals surface area contributed by atoms with Gasteiger partial charge in [-0.05, 0) is 32.9 Å². The van der Waals surface area contributed by atoms with Crippen molar-refractivity contribution in [3.63, 3.8) is 0 Å². The second kappa shape index (κ2) is 7.44. The molecule has 0 saturated carbocycles. The molecular weight excluding hydrogens is 326 g/mol. The van der Waals surface area contributed by atoms with Gasteiger partial charge in [0.25, 0.3) is 0 Å². The van der Waals surface area contributed by atoms with E-state index in [-0.39, 0.29) is 16.7 Å². The highest BCUT2D eigenvalue weighted by Crippen LogP contribution is 2.27. The van der Waals surface area contributed by atoms with Crippen LogP contribution in [-0.4, -0.2) is 34.0 Å². The Kier molecular flexibility index (Phi) is 5.56. The molecule has 1 amide bonds.